The molecule has 4 N–H and O–H groups in total. The number of hydrogen-bond donors (Lipinski definition) is 2. The maximum absolute atomic E-state index is 10.6. The average Bonchev–Trinajstić information content (AvgIpc) is 2.40. The summed E-state index contributed by atoms with van der Waals surface area (Å²) in [5.74, 6) is -0.361. The summed E-state index contributed by atoms with van der Waals surface area (Å²) < 4.78 is 0. The van der Waals surface area contributed by atoms with E-state index in [1.165, 1.54) is 0 Å². The molecule has 0 amide bonds. The number of nitrogens with two attached hydrogens (primary N) is 2. The zero-order valence-corrected chi connectivity index (χ0v) is 14.4. The van der Waals surface area contributed by atoms with Crippen molar-refractivity contribution < 1.29 is 42.3 Å². The Labute approximate surface area is 149 Å². The van der Waals surface area contributed by atoms with E-state index in [1.807, 2.05) is 0 Å². The summed E-state index contributed by atoms with van der Waals surface area (Å²) in [4.78, 5) is 21.2. The third kappa shape index (κ3) is 6.98. The van der Waals surface area contributed by atoms with Crippen molar-refractivity contribution in [3.63, 3.8) is 0 Å². The molecule has 2 rings (SSSR count). The molecule has 0 aliphatic heterocycles. The smallest absolute Gasteiger partial charge is 0.0283 e. The Bertz CT molecular complexity index is 537. The number of rotatable bonds is 2. The van der Waals surface area contributed by atoms with Crippen LogP contribution in [0.2, 0.25) is 0 Å². The molecule has 0 aromatic heterocycles. The van der Waals surface area contributed by atoms with Gasteiger partial charge in [-0.15, -0.1) is 35.4 Å². The van der Waals surface area contributed by atoms with Gasteiger partial charge >= 0.3 is 0 Å². The van der Waals surface area contributed by atoms with Crippen LogP contribution in [0.25, 0.3) is 0 Å². The van der Waals surface area contributed by atoms with Crippen LogP contribution < -0.4 is 11.5 Å². The van der Waals surface area contributed by atoms with E-state index in [-0.39, 0.29) is 44.3 Å². The molecule has 107 valence electrons. The molecule has 0 atom stereocenters. The second-order valence-corrected chi connectivity index (χ2v) is 4.09. The molecular formula is C16H16N2O2Y-2. The molecule has 0 heterocycles. The summed E-state index contributed by atoms with van der Waals surface area (Å²) in [5, 5.41) is 0. The zero-order chi connectivity index (χ0) is 15.1. The molecule has 0 aliphatic rings. The van der Waals surface area contributed by atoms with Crippen LogP contribution in [-0.2, 0) is 32.7 Å². The normalized spacial score (nSPS) is 8.76. The predicted octanol–water partition coefficient (Wildman–Crippen LogP) is 2.57. The Morgan fingerprint density at radius 2 is 0.905 bits per heavy atom. The van der Waals surface area contributed by atoms with Crippen LogP contribution in [0.15, 0.2) is 48.5 Å². The van der Waals surface area contributed by atoms with Crippen molar-refractivity contribution in [1.82, 2.24) is 0 Å². The Kier molecular flexibility index (Phi) is 8.43. The molecule has 2 aromatic carbocycles. The molecule has 0 saturated heterocycles. The summed E-state index contributed by atoms with van der Waals surface area (Å²) >= 11 is 0. The van der Waals surface area contributed by atoms with Crippen LogP contribution >= 0.6 is 0 Å². The molecule has 0 unspecified atom stereocenters. The number of carbonyl (C=O) groups excluding carboxylic acids is 2. The van der Waals surface area contributed by atoms with E-state index in [2.05, 4.69) is 13.8 Å². The van der Waals surface area contributed by atoms with Crippen LogP contribution in [0.5, 0.6) is 0 Å². The quantitative estimate of drug-likeness (QED) is 0.491. The fourth-order valence-electron chi connectivity index (χ4n) is 1.34. The first-order valence-electron chi connectivity index (χ1n) is 5.84. The summed E-state index contributed by atoms with van der Waals surface area (Å²) in [5.41, 5.74) is 13.3. The van der Waals surface area contributed by atoms with Crippen LogP contribution in [0.4, 0.5) is 11.4 Å². The van der Waals surface area contributed by atoms with Gasteiger partial charge in [0, 0.05) is 55.7 Å². The number of anilines is 2. The van der Waals surface area contributed by atoms with Crippen LogP contribution in [0.3, 0.4) is 0 Å². The topological polar surface area (TPSA) is 86.2 Å². The molecule has 4 nitrogen and oxygen atoms in total. The molecule has 21 heavy (non-hydrogen) atoms. The molecule has 5 heteroatoms. The van der Waals surface area contributed by atoms with Gasteiger partial charge in [0.15, 0.2) is 0 Å². The maximum Gasteiger partial charge on any atom is 0.0283 e. The molecule has 0 aliphatic carbocycles. The van der Waals surface area contributed by atoms with Gasteiger partial charge in [-0.25, -0.2) is 0 Å². The van der Waals surface area contributed by atoms with E-state index in [4.69, 9.17) is 11.5 Å². The fraction of sp³-hybridized carbons (Fsp3) is 0. The number of nitrogen functional groups attached to an aromatic ring is 2. The van der Waals surface area contributed by atoms with Gasteiger partial charge in [0.25, 0.3) is 0 Å². The molecule has 0 fully saturated rings. The van der Waals surface area contributed by atoms with Crippen LogP contribution in [0, 0.1) is 13.8 Å². The minimum Gasteiger partial charge on any atom is -0.399 e. The first-order chi connectivity index (χ1) is 9.40. The van der Waals surface area contributed by atoms with Crippen molar-refractivity contribution in [3.05, 3.63) is 73.5 Å². The monoisotopic (exact) mass is 357 g/mol. The second-order valence-electron chi connectivity index (χ2n) is 4.09. The first kappa shape index (κ1) is 19.2. The van der Waals surface area contributed by atoms with Gasteiger partial charge in [-0.3, -0.25) is 0 Å². The molecule has 0 spiro atoms. The third-order valence-corrected chi connectivity index (χ3v) is 2.47. The molecule has 1 radical (unpaired) electrons. The van der Waals surface area contributed by atoms with Crippen molar-refractivity contribution >= 4 is 22.9 Å². The Morgan fingerprint density at radius 1 is 0.667 bits per heavy atom. The van der Waals surface area contributed by atoms with Gasteiger partial charge < -0.3 is 21.1 Å². The van der Waals surface area contributed by atoms with E-state index in [9.17, 15) is 9.59 Å². The predicted molar refractivity (Wildman–Crippen MR) is 81.1 cm³/mol. The standard InChI is InChI=1S/2C8H8NO.Y/c2*1-6(10)7-2-4-8(9)5-3-7;/h2*2-5H,1,9H2;/q2*-1;. The van der Waals surface area contributed by atoms with E-state index in [0.717, 1.165) is 0 Å². The van der Waals surface area contributed by atoms with Gasteiger partial charge in [0.2, 0.25) is 0 Å². The largest absolute Gasteiger partial charge is 0.399 e. The van der Waals surface area contributed by atoms with E-state index in [0.29, 0.717) is 22.5 Å². The van der Waals surface area contributed by atoms with Crippen molar-refractivity contribution in [1.29, 1.82) is 0 Å². The molecule has 2 aromatic rings. The maximum atomic E-state index is 10.6. The van der Waals surface area contributed by atoms with E-state index < -0.39 is 0 Å². The number of benzene rings is 2. The van der Waals surface area contributed by atoms with Gasteiger partial charge in [0.1, 0.15) is 0 Å². The third-order valence-electron chi connectivity index (χ3n) is 2.47. The Morgan fingerprint density at radius 3 is 1.10 bits per heavy atom. The Hall–Kier alpha value is -1.78. The SMILES string of the molecule is [CH2-]C(=O)c1ccc(N)cc1.[CH2-]C(=O)c1ccc(N)cc1.[Y]. The molecule has 0 saturated carbocycles. The van der Waals surface area contributed by atoms with Crippen molar-refractivity contribution in [2.75, 3.05) is 11.5 Å². The summed E-state index contributed by atoms with van der Waals surface area (Å²) in [6, 6.07) is 13.3. The van der Waals surface area contributed by atoms with Crippen LogP contribution in [-0.4, -0.2) is 11.6 Å². The summed E-state index contributed by atoms with van der Waals surface area (Å²) in [6.07, 6.45) is 0. The summed E-state index contributed by atoms with van der Waals surface area (Å²) in [6.45, 7) is 6.52. The number of ketones is 2. The zero-order valence-electron chi connectivity index (χ0n) is 11.6. The van der Waals surface area contributed by atoms with Gasteiger partial charge in [0.05, 0.1) is 0 Å². The molecule has 0 bridgehead atoms. The fourth-order valence-corrected chi connectivity index (χ4v) is 1.34. The average molecular weight is 357 g/mol. The van der Waals surface area contributed by atoms with E-state index in [1.54, 1.807) is 48.5 Å². The minimum atomic E-state index is -0.181. The Balaban J connectivity index is 0.000000364. The minimum absolute atomic E-state index is 0. The van der Waals surface area contributed by atoms with Crippen molar-refractivity contribution in [2.45, 2.75) is 0 Å². The van der Waals surface area contributed by atoms with E-state index >= 15 is 0 Å². The van der Waals surface area contributed by atoms with Crippen LogP contribution in [0.1, 0.15) is 20.7 Å². The summed E-state index contributed by atoms with van der Waals surface area (Å²) in [7, 11) is 0. The first-order valence-corrected chi connectivity index (χ1v) is 5.84. The van der Waals surface area contributed by atoms with Gasteiger partial charge in [-0.1, -0.05) is 24.3 Å². The van der Waals surface area contributed by atoms with Crippen molar-refractivity contribution in [2.24, 2.45) is 0 Å². The number of Topliss-reactive ketones (excluding diaryl/α,β-unsaturated/α-hetero) is 2. The van der Waals surface area contributed by atoms with Crippen molar-refractivity contribution in [3.8, 4) is 0 Å². The van der Waals surface area contributed by atoms with Gasteiger partial charge in [-0.05, 0) is 0 Å². The molecular weight excluding hydrogens is 341 g/mol. The second kappa shape index (κ2) is 9.21. The number of carbonyl (C=O) groups is 2. The number of hydrogen-bond acceptors (Lipinski definition) is 4. The van der Waals surface area contributed by atoms with Gasteiger partial charge in [-0.2, -0.15) is 13.8 Å².